The Kier molecular flexibility index (Phi) is 4.60. The molecule has 0 amide bonds. The molecule has 0 radical (unpaired) electrons. The number of aryl methyl sites for hydroxylation is 1. The van der Waals surface area contributed by atoms with Crippen molar-refractivity contribution in [3.05, 3.63) is 157 Å². The summed E-state index contributed by atoms with van der Waals surface area (Å²) in [6.07, 6.45) is 0. The van der Waals surface area contributed by atoms with Gasteiger partial charge in [0.25, 0.3) is 0 Å². The fraction of sp³-hybridized carbons (Fsp3) is 0.0250. The van der Waals surface area contributed by atoms with Gasteiger partial charge in [-0.25, -0.2) is 4.98 Å². The fourth-order valence-corrected chi connectivity index (χ4v) is 6.19. The first kappa shape index (κ1) is 19.6. The van der Waals surface area contributed by atoms with Crippen LogP contribution in [0, 0.1) is 6.92 Å². The van der Waals surface area contributed by atoms with Gasteiger partial charge in [-0.05, 0) is 92.2 Å². The molecule has 0 N–H and O–H groups in total. The number of hydrogen-bond donors (Lipinski definition) is 0. The van der Waals surface area contributed by atoms with Gasteiger partial charge in [0.05, 0.1) is 17.9 Å². The molecule has 0 bridgehead atoms. The van der Waals surface area contributed by atoms with Gasteiger partial charge in [0.1, 0.15) is 5.82 Å². The second-order valence-corrected chi connectivity index (χ2v) is 10.5. The van der Waals surface area contributed by atoms with Crippen LogP contribution in [0.4, 0.5) is 0 Å². The first-order chi connectivity index (χ1) is 22.8. The molecule has 8 aromatic rings. The Bertz CT molecular complexity index is 2490. The van der Waals surface area contributed by atoms with Crippen LogP contribution >= 0.6 is 0 Å². The van der Waals surface area contributed by atoms with E-state index in [1.54, 1.807) is 0 Å². The maximum absolute atomic E-state index is 8.95. The number of aromatic nitrogens is 2. The first-order valence-electron chi connectivity index (χ1n) is 16.5. The molecule has 42 heavy (non-hydrogen) atoms. The maximum Gasteiger partial charge on any atom is 0.111 e. The van der Waals surface area contributed by atoms with E-state index in [0.29, 0.717) is 5.56 Å². The molecule has 0 aliphatic carbocycles. The zero-order valence-electron chi connectivity index (χ0n) is 27.9. The third-order valence-corrected chi connectivity index (χ3v) is 8.02. The molecule has 198 valence electrons. The average molecular weight is 542 g/mol. The van der Waals surface area contributed by atoms with Gasteiger partial charge < -0.3 is 0 Å². The van der Waals surface area contributed by atoms with E-state index in [1.165, 1.54) is 0 Å². The second kappa shape index (κ2) is 9.87. The highest BCUT2D eigenvalue weighted by Crippen LogP contribution is 2.44. The molecule has 0 saturated carbocycles. The van der Waals surface area contributed by atoms with E-state index in [2.05, 4.69) is 59.2 Å². The van der Waals surface area contributed by atoms with Crippen LogP contribution in [0.5, 0.6) is 0 Å². The highest BCUT2D eigenvalue weighted by Gasteiger charge is 2.18. The van der Waals surface area contributed by atoms with E-state index in [4.69, 9.17) is 11.8 Å². The van der Waals surface area contributed by atoms with Crippen molar-refractivity contribution in [3.8, 4) is 39.1 Å². The summed E-state index contributed by atoms with van der Waals surface area (Å²) in [4.78, 5) is 4.75. The lowest BCUT2D eigenvalue weighted by molar-refractivity contribution is 1.00. The monoisotopic (exact) mass is 541 g/mol. The van der Waals surface area contributed by atoms with Crippen LogP contribution in [0.2, 0.25) is 0 Å². The minimum Gasteiger partial charge on any atom is -0.297 e. The number of benzene rings is 7. The van der Waals surface area contributed by atoms with Crippen molar-refractivity contribution in [2.24, 2.45) is 0 Å². The van der Waals surface area contributed by atoms with Gasteiger partial charge in [0.2, 0.25) is 0 Å². The molecule has 0 aliphatic heterocycles. The first-order valence-corrected chi connectivity index (χ1v) is 14.0. The maximum atomic E-state index is 8.95. The molecular formula is C40H28N2. The highest BCUT2D eigenvalue weighted by molar-refractivity contribution is 6.22. The van der Waals surface area contributed by atoms with Gasteiger partial charge in [-0.2, -0.15) is 0 Å². The van der Waals surface area contributed by atoms with Crippen LogP contribution in [-0.4, -0.2) is 9.55 Å². The number of fused-ring (bicyclic) bond motifs is 3. The Morgan fingerprint density at radius 2 is 1.14 bits per heavy atom. The van der Waals surface area contributed by atoms with E-state index in [1.807, 2.05) is 73.7 Å². The Morgan fingerprint density at radius 3 is 1.90 bits per heavy atom. The van der Waals surface area contributed by atoms with Crippen molar-refractivity contribution in [2.45, 2.75) is 6.92 Å². The molecule has 0 atom stereocenters. The Morgan fingerprint density at radius 1 is 0.524 bits per heavy atom. The molecule has 1 heterocycles. The number of rotatable bonds is 4. The molecule has 0 fully saturated rings. The van der Waals surface area contributed by atoms with Crippen LogP contribution < -0.4 is 0 Å². The second-order valence-electron chi connectivity index (χ2n) is 10.5. The quantitative estimate of drug-likeness (QED) is 0.203. The molecule has 0 unspecified atom stereocenters. The average Bonchev–Trinajstić information content (AvgIpc) is 3.45. The lowest BCUT2D eigenvalue weighted by atomic mass is 9.85. The molecule has 7 aromatic carbocycles. The minimum atomic E-state index is -0.403. The minimum absolute atomic E-state index is 0.201. The summed E-state index contributed by atoms with van der Waals surface area (Å²) in [7, 11) is 0. The molecular weight excluding hydrogens is 508 g/mol. The van der Waals surface area contributed by atoms with Crippen molar-refractivity contribution in [1.82, 2.24) is 9.55 Å². The predicted octanol–water partition coefficient (Wildman–Crippen LogP) is 10.6. The molecule has 2 nitrogen and oxygen atoms in total. The Hall–Kier alpha value is -5.47. The van der Waals surface area contributed by atoms with Crippen molar-refractivity contribution in [1.29, 1.82) is 0 Å². The molecule has 8 rings (SSSR count). The van der Waals surface area contributed by atoms with Crippen molar-refractivity contribution < 1.29 is 6.85 Å². The number of nitrogens with zero attached hydrogens (tertiary/aromatic N) is 2. The Labute approximate surface area is 252 Å². The third kappa shape index (κ3) is 3.92. The summed E-state index contributed by atoms with van der Waals surface area (Å²) in [6.45, 7) is 2.01. The van der Waals surface area contributed by atoms with Crippen molar-refractivity contribution in [2.75, 3.05) is 0 Å². The van der Waals surface area contributed by atoms with E-state index < -0.39 is 6.04 Å². The summed E-state index contributed by atoms with van der Waals surface area (Å²) < 4.78 is 45.3. The normalized spacial score (nSPS) is 13.1. The van der Waals surface area contributed by atoms with Gasteiger partial charge >= 0.3 is 0 Å². The van der Waals surface area contributed by atoms with Gasteiger partial charge in [-0.3, -0.25) is 4.57 Å². The molecule has 2 heteroatoms. The van der Waals surface area contributed by atoms with Gasteiger partial charge in [0, 0.05) is 5.69 Å². The summed E-state index contributed by atoms with van der Waals surface area (Å²) in [5.41, 5.74) is 7.87. The van der Waals surface area contributed by atoms with Crippen LogP contribution in [0.15, 0.2) is 152 Å². The van der Waals surface area contributed by atoms with Crippen LogP contribution in [0.1, 0.15) is 12.7 Å². The van der Waals surface area contributed by atoms with Gasteiger partial charge in [-0.1, -0.05) is 121 Å². The summed E-state index contributed by atoms with van der Waals surface area (Å²) in [5.74, 6) is 0.909. The van der Waals surface area contributed by atoms with Crippen LogP contribution in [-0.2, 0) is 0 Å². The molecule has 0 aliphatic rings. The van der Waals surface area contributed by atoms with E-state index in [-0.39, 0.29) is 29.7 Å². The summed E-state index contributed by atoms with van der Waals surface area (Å²) in [5, 5.41) is 3.51. The lowest BCUT2D eigenvalue weighted by Crippen LogP contribution is -1.97. The zero-order valence-corrected chi connectivity index (χ0v) is 22.9. The Balaban J connectivity index is 1.45. The van der Waals surface area contributed by atoms with Crippen molar-refractivity contribution >= 4 is 32.6 Å². The zero-order chi connectivity index (χ0) is 32.4. The molecule has 0 saturated heterocycles. The molecule has 0 spiro atoms. The smallest absolute Gasteiger partial charge is 0.111 e. The number of imidazole rings is 1. The fourth-order valence-electron chi connectivity index (χ4n) is 6.19. The third-order valence-electron chi connectivity index (χ3n) is 8.02. The number of hydrogen-bond acceptors (Lipinski definition) is 1. The standard InChI is InChI=1S/C40H28N2/c1-27-41-37-18-10-11-19-38(37)42(27)32-23-20-30(21-24-32)39-33-16-8-9-17-34(33)40(29-14-6-3-7-15-29)36-26-31(22-25-35(36)39)28-12-4-2-5-13-28/h2-26H,1H3/i3D,6D,7D,14D,15D. The van der Waals surface area contributed by atoms with E-state index in [9.17, 15) is 0 Å². The van der Waals surface area contributed by atoms with Crippen LogP contribution in [0.3, 0.4) is 0 Å². The van der Waals surface area contributed by atoms with E-state index in [0.717, 1.165) is 66.3 Å². The predicted molar refractivity (Wildman–Crippen MR) is 177 cm³/mol. The summed E-state index contributed by atoms with van der Waals surface area (Å²) >= 11 is 0. The topological polar surface area (TPSA) is 17.8 Å². The van der Waals surface area contributed by atoms with E-state index >= 15 is 0 Å². The largest absolute Gasteiger partial charge is 0.297 e. The number of para-hydroxylation sites is 2. The SMILES string of the molecule is [2H]c1c([2H])c([2H])c(-c2c3ccccc3c(-c3ccc(-n4c(C)nc5ccccc54)cc3)c3ccc(-c4ccccc4)cc23)c([2H])c1[2H]. The highest BCUT2D eigenvalue weighted by atomic mass is 15.1. The molecule has 1 aromatic heterocycles. The van der Waals surface area contributed by atoms with Gasteiger partial charge in [-0.15, -0.1) is 0 Å². The van der Waals surface area contributed by atoms with Crippen molar-refractivity contribution in [3.63, 3.8) is 0 Å². The lowest BCUT2D eigenvalue weighted by Gasteiger charge is -2.19. The van der Waals surface area contributed by atoms with Gasteiger partial charge in [0.15, 0.2) is 0 Å². The summed E-state index contributed by atoms with van der Waals surface area (Å²) in [6, 6.07) is 39.4. The van der Waals surface area contributed by atoms with Crippen LogP contribution in [0.25, 0.3) is 71.6 Å².